The number of anilines is 1. The summed E-state index contributed by atoms with van der Waals surface area (Å²) in [6.45, 7) is 5.73. The van der Waals surface area contributed by atoms with Crippen molar-refractivity contribution in [1.82, 2.24) is 20.1 Å². The third-order valence-electron chi connectivity index (χ3n) is 6.96. The summed E-state index contributed by atoms with van der Waals surface area (Å²) in [5.74, 6) is 0.0445. The van der Waals surface area contributed by atoms with Gasteiger partial charge in [0.05, 0.1) is 31.7 Å². The lowest BCUT2D eigenvalue weighted by atomic mass is 9.83. The van der Waals surface area contributed by atoms with Crippen molar-refractivity contribution in [2.45, 2.75) is 19.0 Å². The summed E-state index contributed by atoms with van der Waals surface area (Å²) in [5.41, 5.74) is 3.42. The number of benzene rings is 1. The molecule has 0 unspecified atom stereocenters. The number of pyridine rings is 1. The lowest BCUT2D eigenvalue weighted by Crippen LogP contribution is -2.62. The van der Waals surface area contributed by atoms with Gasteiger partial charge in [-0.25, -0.2) is 0 Å². The number of morpholine rings is 1. The van der Waals surface area contributed by atoms with Crippen molar-refractivity contribution >= 4 is 17.5 Å². The van der Waals surface area contributed by atoms with Crippen LogP contribution in [0.15, 0.2) is 48.8 Å². The molecule has 3 aliphatic heterocycles. The van der Waals surface area contributed by atoms with Crippen molar-refractivity contribution in [3.05, 3.63) is 59.9 Å². The van der Waals surface area contributed by atoms with Crippen LogP contribution in [-0.2, 0) is 27.3 Å². The molecule has 1 aromatic heterocycles. The Morgan fingerprint density at radius 1 is 1.06 bits per heavy atom. The zero-order chi connectivity index (χ0) is 22.6. The fourth-order valence-electron chi connectivity index (χ4n) is 5.19. The molecular formula is C25H31N5O3. The molecule has 5 rings (SSSR count). The van der Waals surface area contributed by atoms with Crippen molar-refractivity contribution in [2.24, 2.45) is 5.92 Å². The third kappa shape index (κ3) is 4.86. The van der Waals surface area contributed by atoms with E-state index >= 15 is 0 Å². The molecule has 174 valence electrons. The van der Waals surface area contributed by atoms with Gasteiger partial charge < -0.3 is 19.9 Å². The Labute approximate surface area is 194 Å². The number of rotatable bonds is 5. The summed E-state index contributed by atoms with van der Waals surface area (Å²) in [6.07, 6.45) is 4.22. The van der Waals surface area contributed by atoms with Gasteiger partial charge in [0.25, 0.3) is 0 Å². The molecule has 2 saturated heterocycles. The highest BCUT2D eigenvalue weighted by Crippen LogP contribution is 2.36. The molecule has 0 bridgehead atoms. The number of amides is 2. The number of carbonyl (C=O) groups excluding carboxylic acids is 2. The average molecular weight is 450 g/mol. The first kappa shape index (κ1) is 21.9. The smallest absolute Gasteiger partial charge is 0.236 e. The van der Waals surface area contributed by atoms with E-state index < -0.39 is 0 Å². The van der Waals surface area contributed by atoms with Gasteiger partial charge in [-0.15, -0.1) is 0 Å². The molecule has 0 spiro atoms. The van der Waals surface area contributed by atoms with E-state index in [9.17, 15) is 9.59 Å². The normalized spacial score (nSPS) is 22.9. The lowest BCUT2D eigenvalue weighted by Gasteiger charge is -2.49. The molecular weight excluding hydrogens is 418 g/mol. The van der Waals surface area contributed by atoms with E-state index in [1.807, 2.05) is 23.1 Å². The Bertz CT molecular complexity index is 979. The molecule has 0 saturated carbocycles. The SMILES string of the molecule is O=C(NCc1cccnc1)[C@@H]1Cc2ccccc2N2CCN(CC(=O)N3CCOCC3)C[C@H]12. The summed E-state index contributed by atoms with van der Waals surface area (Å²) in [7, 11) is 0. The van der Waals surface area contributed by atoms with Gasteiger partial charge in [0.15, 0.2) is 0 Å². The molecule has 33 heavy (non-hydrogen) atoms. The topological polar surface area (TPSA) is 78.0 Å². The number of fused-ring (bicyclic) bond motifs is 3. The second-order valence-corrected chi connectivity index (χ2v) is 9.01. The first-order valence-corrected chi connectivity index (χ1v) is 11.8. The Kier molecular flexibility index (Phi) is 6.55. The van der Waals surface area contributed by atoms with Crippen molar-refractivity contribution in [3.8, 4) is 0 Å². The van der Waals surface area contributed by atoms with E-state index in [-0.39, 0.29) is 23.8 Å². The van der Waals surface area contributed by atoms with Gasteiger partial charge in [0.2, 0.25) is 11.8 Å². The van der Waals surface area contributed by atoms with Crippen molar-refractivity contribution in [2.75, 3.05) is 57.4 Å². The van der Waals surface area contributed by atoms with Crippen LogP contribution in [0.25, 0.3) is 0 Å². The second kappa shape index (κ2) is 9.89. The first-order chi connectivity index (χ1) is 16.2. The van der Waals surface area contributed by atoms with Crippen LogP contribution in [-0.4, -0.2) is 85.1 Å². The summed E-state index contributed by atoms with van der Waals surface area (Å²) >= 11 is 0. The molecule has 4 heterocycles. The molecule has 3 aliphatic rings. The number of hydrogen-bond acceptors (Lipinski definition) is 6. The van der Waals surface area contributed by atoms with Crippen LogP contribution in [0.4, 0.5) is 5.69 Å². The summed E-state index contributed by atoms with van der Waals surface area (Å²) in [4.78, 5) is 36.8. The summed E-state index contributed by atoms with van der Waals surface area (Å²) in [6, 6.07) is 12.3. The van der Waals surface area contributed by atoms with Crippen molar-refractivity contribution in [1.29, 1.82) is 0 Å². The summed E-state index contributed by atoms with van der Waals surface area (Å²) in [5, 5.41) is 3.13. The van der Waals surface area contributed by atoms with E-state index in [1.54, 1.807) is 12.4 Å². The van der Waals surface area contributed by atoms with Gasteiger partial charge in [-0.1, -0.05) is 24.3 Å². The van der Waals surface area contributed by atoms with E-state index in [2.05, 4.69) is 38.3 Å². The molecule has 8 nitrogen and oxygen atoms in total. The van der Waals surface area contributed by atoms with Gasteiger partial charge in [0, 0.05) is 57.3 Å². The zero-order valence-electron chi connectivity index (χ0n) is 18.9. The number of hydrogen-bond donors (Lipinski definition) is 1. The van der Waals surface area contributed by atoms with Gasteiger partial charge in [-0.05, 0) is 29.7 Å². The highest BCUT2D eigenvalue weighted by atomic mass is 16.5. The Balaban J connectivity index is 1.30. The molecule has 2 fully saturated rings. The number of ether oxygens (including phenoxy) is 1. The fraction of sp³-hybridized carbons (Fsp3) is 0.480. The minimum atomic E-state index is -0.169. The maximum Gasteiger partial charge on any atom is 0.236 e. The largest absolute Gasteiger partial charge is 0.378 e. The summed E-state index contributed by atoms with van der Waals surface area (Å²) < 4.78 is 5.38. The second-order valence-electron chi connectivity index (χ2n) is 9.01. The number of para-hydroxylation sites is 1. The number of nitrogens with one attached hydrogen (secondary N) is 1. The van der Waals surface area contributed by atoms with Crippen molar-refractivity contribution < 1.29 is 14.3 Å². The standard InChI is InChI=1S/C25H31N5O3/c31-24(29-10-12-33-13-11-29)18-28-8-9-30-22-6-2-1-5-20(22)14-21(23(30)17-28)25(32)27-16-19-4-3-7-26-15-19/h1-7,15,21,23H,8-14,16-18H2,(H,27,32)/t21-,23-/m1/s1. The van der Waals surface area contributed by atoms with Crippen LogP contribution in [0.1, 0.15) is 11.1 Å². The van der Waals surface area contributed by atoms with E-state index in [4.69, 9.17) is 4.74 Å². The molecule has 0 radical (unpaired) electrons. The molecule has 1 aromatic carbocycles. The predicted octanol–water partition coefficient (Wildman–Crippen LogP) is 0.920. The Hall–Kier alpha value is -2.97. The van der Waals surface area contributed by atoms with Gasteiger partial charge >= 0.3 is 0 Å². The van der Waals surface area contributed by atoms with Crippen LogP contribution >= 0.6 is 0 Å². The molecule has 2 aromatic rings. The highest BCUT2D eigenvalue weighted by Gasteiger charge is 2.41. The van der Waals surface area contributed by atoms with Crippen LogP contribution in [0.5, 0.6) is 0 Å². The molecule has 2 amide bonds. The van der Waals surface area contributed by atoms with E-state index in [0.29, 0.717) is 52.4 Å². The quantitative estimate of drug-likeness (QED) is 0.732. The van der Waals surface area contributed by atoms with Gasteiger partial charge in [-0.3, -0.25) is 19.5 Å². The zero-order valence-corrected chi connectivity index (χ0v) is 18.9. The van der Waals surface area contributed by atoms with Crippen LogP contribution < -0.4 is 10.2 Å². The van der Waals surface area contributed by atoms with Crippen LogP contribution in [0.2, 0.25) is 0 Å². The molecule has 2 atom stereocenters. The Morgan fingerprint density at radius 2 is 1.91 bits per heavy atom. The minimum Gasteiger partial charge on any atom is -0.378 e. The van der Waals surface area contributed by atoms with Crippen LogP contribution in [0.3, 0.4) is 0 Å². The number of piperazine rings is 1. The monoisotopic (exact) mass is 449 g/mol. The van der Waals surface area contributed by atoms with E-state index in [0.717, 1.165) is 18.7 Å². The number of nitrogens with zero attached hydrogens (tertiary/aromatic N) is 4. The molecule has 1 N–H and O–H groups in total. The van der Waals surface area contributed by atoms with E-state index in [1.165, 1.54) is 11.3 Å². The molecule has 0 aliphatic carbocycles. The Morgan fingerprint density at radius 3 is 2.73 bits per heavy atom. The van der Waals surface area contributed by atoms with Gasteiger partial charge in [-0.2, -0.15) is 0 Å². The number of aromatic nitrogens is 1. The van der Waals surface area contributed by atoms with Crippen molar-refractivity contribution in [3.63, 3.8) is 0 Å². The fourth-order valence-corrected chi connectivity index (χ4v) is 5.19. The molecule has 8 heteroatoms. The van der Waals surface area contributed by atoms with Gasteiger partial charge in [0.1, 0.15) is 0 Å². The predicted molar refractivity (Wildman–Crippen MR) is 125 cm³/mol. The number of carbonyl (C=O) groups is 2. The highest BCUT2D eigenvalue weighted by molar-refractivity contribution is 5.82. The average Bonchev–Trinajstić information content (AvgIpc) is 2.88. The maximum atomic E-state index is 13.3. The lowest BCUT2D eigenvalue weighted by molar-refractivity contribution is -0.136. The first-order valence-electron chi connectivity index (χ1n) is 11.8. The van der Waals surface area contributed by atoms with Crippen LogP contribution in [0, 0.1) is 5.92 Å². The third-order valence-corrected chi connectivity index (χ3v) is 6.96. The maximum absolute atomic E-state index is 13.3. The minimum absolute atomic E-state index is 0.0417.